The van der Waals surface area contributed by atoms with Gasteiger partial charge in [-0.15, -0.1) is 0 Å². The third kappa shape index (κ3) is 2.65. The normalized spacial score (nSPS) is 23.2. The molecule has 0 radical (unpaired) electrons. The highest BCUT2D eigenvalue weighted by atomic mass is 15.2. The average Bonchev–Trinajstić information content (AvgIpc) is 2.91. The standard InChI is InChI=1S/C16H21N3/c1-13-7-5-6-10-15(13)18-16-17-11-12-19(16)14-8-3-2-4-9-14/h2-4,8-9,11-13,15H,5-7,10H2,1H3,(H,17,18). The third-order valence-electron chi connectivity index (χ3n) is 4.10. The van der Waals surface area contributed by atoms with Gasteiger partial charge in [-0.3, -0.25) is 4.57 Å². The maximum atomic E-state index is 4.47. The molecule has 2 aromatic rings. The molecule has 3 heteroatoms. The molecule has 2 unspecified atom stereocenters. The summed E-state index contributed by atoms with van der Waals surface area (Å²) < 4.78 is 2.13. The highest BCUT2D eigenvalue weighted by molar-refractivity contribution is 5.42. The maximum Gasteiger partial charge on any atom is 0.207 e. The van der Waals surface area contributed by atoms with Gasteiger partial charge in [-0.2, -0.15) is 0 Å². The molecule has 3 nitrogen and oxygen atoms in total. The van der Waals surface area contributed by atoms with Crippen LogP contribution in [0.5, 0.6) is 0 Å². The Kier molecular flexibility index (Phi) is 3.53. The summed E-state index contributed by atoms with van der Waals surface area (Å²) in [6.45, 7) is 2.34. The van der Waals surface area contributed by atoms with Crippen LogP contribution in [0.25, 0.3) is 5.69 Å². The molecule has 100 valence electrons. The van der Waals surface area contributed by atoms with Gasteiger partial charge in [-0.1, -0.05) is 38.0 Å². The molecule has 1 aliphatic carbocycles. The largest absolute Gasteiger partial charge is 0.352 e. The molecule has 1 fully saturated rings. The van der Waals surface area contributed by atoms with E-state index in [1.165, 1.54) is 25.7 Å². The molecular formula is C16H21N3. The molecule has 2 atom stereocenters. The summed E-state index contributed by atoms with van der Waals surface area (Å²) in [4.78, 5) is 4.47. The van der Waals surface area contributed by atoms with Gasteiger partial charge in [0.2, 0.25) is 5.95 Å². The van der Waals surface area contributed by atoms with Crippen LogP contribution in [-0.2, 0) is 0 Å². The number of benzene rings is 1. The fourth-order valence-electron chi connectivity index (χ4n) is 2.90. The highest BCUT2D eigenvalue weighted by Gasteiger charge is 2.22. The molecule has 3 rings (SSSR count). The number of hydrogen-bond donors (Lipinski definition) is 1. The number of anilines is 1. The molecule has 1 heterocycles. The van der Waals surface area contributed by atoms with Crippen LogP contribution in [0.4, 0.5) is 5.95 Å². The number of nitrogens with one attached hydrogen (secondary N) is 1. The number of aromatic nitrogens is 2. The van der Waals surface area contributed by atoms with Crippen LogP contribution in [0.3, 0.4) is 0 Å². The van der Waals surface area contributed by atoms with Crippen LogP contribution in [0.1, 0.15) is 32.6 Å². The van der Waals surface area contributed by atoms with E-state index < -0.39 is 0 Å². The Morgan fingerprint density at radius 1 is 1.16 bits per heavy atom. The fourth-order valence-corrected chi connectivity index (χ4v) is 2.90. The van der Waals surface area contributed by atoms with E-state index in [1.807, 2.05) is 18.5 Å². The van der Waals surface area contributed by atoms with Crippen molar-refractivity contribution in [1.29, 1.82) is 0 Å². The molecule has 1 N–H and O–H groups in total. The Morgan fingerprint density at radius 2 is 1.95 bits per heavy atom. The fraction of sp³-hybridized carbons (Fsp3) is 0.438. The third-order valence-corrected chi connectivity index (χ3v) is 4.10. The summed E-state index contributed by atoms with van der Waals surface area (Å²) in [6.07, 6.45) is 9.15. The zero-order valence-electron chi connectivity index (χ0n) is 11.4. The summed E-state index contributed by atoms with van der Waals surface area (Å²) >= 11 is 0. The van der Waals surface area contributed by atoms with Crippen molar-refractivity contribution < 1.29 is 0 Å². The lowest BCUT2D eigenvalue weighted by Crippen LogP contribution is -2.31. The van der Waals surface area contributed by atoms with Gasteiger partial charge in [0.05, 0.1) is 0 Å². The first-order chi connectivity index (χ1) is 9.34. The Hall–Kier alpha value is -1.77. The van der Waals surface area contributed by atoms with Gasteiger partial charge < -0.3 is 5.32 Å². The molecule has 19 heavy (non-hydrogen) atoms. The second kappa shape index (κ2) is 5.47. The van der Waals surface area contributed by atoms with Crippen LogP contribution in [-0.4, -0.2) is 15.6 Å². The van der Waals surface area contributed by atoms with E-state index in [9.17, 15) is 0 Å². The van der Waals surface area contributed by atoms with Crippen molar-refractivity contribution in [2.75, 3.05) is 5.32 Å². The summed E-state index contributed by atoms with van der Waals surface area (Å²) in [7, 11) is 0. The molecule has 1 saturated carbocycles. The van der Waals surface area contributed by atoms with E-state index in [-0.39, 0.29) is 0 Å². The van der Waals surface area contributed by atoms with Crippen molar-refractivity contribution in [3.63, 3.8) is 0 Å². The molecule has 1 aromatic carbocycles. The highest BCUT2D eigenvalue weighted by Crippen LogP contribution is 2.27. The number of para-hydroxylation sites is 1. The van der Waals surface area contributed by atoms with Crippen molar-refractivity contribution in [3.05, 3.63) is 42.7 Å². The molecule has 0 aliphatic heterocycles. The average molecular weight is 255 g/mol. The minimum atomic E-state index is 0.554. The van der Waals surface area contributed by atoms with Crippen molar-refractivity contribution >= 4 is 5.95 Å². The SMILES string of the molecule is CC1CCCCC1Nc1nccn1-c1ccccc1. The molecule has 0 bridgehead atoms. The minimum absolute atomic E-state index is 0.554. The van der Waals surface area contributed by atoms with Gasteiger partial charge in [0.1, 0.15) is 0 Å². The van der Waals surface area contributed by atoms with Gasteiger partial charge in [0.25, 0.3) is 0 Å². The lowest BCUT2D eigenvalue weighted by Gasteiger charge is -2.30. The van der Waals surface area contributed by atoms with Crippen molar-refractivity contribution in [2.24, 2.45) is 5.92 Å². The molecule has 1 aromatic heterocycles. The van der Waals surface area contributed by atoms with E-state index >= 15 is 0 Å². The van der Waals surface area contributed by atoms with Crippen LogP contribution in [0.15, 0.2) is 42.7 Å². The monoisotopic (exact) mass is 255 g/mol. The van der Waals surface area contributed by atoms with E-state index in [1.54, 1.807) is 0 Å². The van der Waals surface area contributed by atoms with Crippen molar-refractivity contribution in [3.8, 4) is 5.69 Å². The lowest BCUT2D eigenvalue weighted by atomic mass is 9.86. The van der Waals surface area contributed by atoms with E-state index in [0.717, 1.165) is 17.6 Å². The van der Waals surface area contributed by atoms with Crippen LogP contribution in [0.2, 0.25) is 0 Å². The van der Waals surface area contributed by atoms with Gasteiger partial charge in [-0.25, -0.2) is 4.98 Å². The maximum absolute atomic E-state index is 4.47. The number of rotatable bonds is 3. The smallest absolute Gasteiger partial charge is 0.207 e. The predicted octanol–water partition coefficient (Wildman–Crippen LogP) is 3.86. The minimum Gasteiger partial charge on any atom is -0.352 e. The summed E-state index contributed by atoms with van der Waals surface area (Å²) in [5.74, 6) is 1.69. The van der Waals surface area contributed by atoms with Gasteiger partial charge in [-0.05, 0) is 30.9 Å². The second-order valence-corrected chi connectivity index (χ2v) is 5.47. The van der Waals surface area contributed by atoms with Crippen LogP contribution >= 0.6 is 0 Å². The first-order valence-electron chi connectivity index (χ1n) is 7.20. The Labute approximate surface area is 114 Å². The first kappa shape index (κ1) is 12.3. The van der Waals surface area contributed by atoms with Crippen LogP contribution < -0.4 is 5.32 Å². The zero-order valence-corrected chi connectivity index (χ0v) is 11.4. The molecule has 0 amide bonds. The van der Waals surface area contributed by atoms with Crippen molar-refractivity contribution in [2.45, 2.75) is 38.6 Å². The molecular weight excluding hydrogens is 234 g/mol. The van der Waals surface area contributed by atoms with E-state index in [0.29, 0.717) is 6.04 Å². The van der Waals surface area contributed by atoms with E-state index in [4.69, 9.17) is 0 Å². The second-order valence-electron chi connectivity index (χ2n) is 5.47. The van der Waals surface area contributed by atoms with Gasteiger partial charge >= 0.3 is 0 Å². The van der Waals surface area contributed by atoms with Gasteiger partial charge in [0, 0.05) is 24.1 Å². The topological polar surface area (TPSA) is 29.9 Å². The van der Waals surface area contributed by atoms with E-state index in [2.05, 4.69) is 46.1 Å². The zero-order chi connectivity index (χ0) is 13.1. The number of imidazole rings is 1. The summed E-state index contributed by atoms with van der Waals surface area (Å²) in [6, 6.07) is 10.9. The first-order valence-corrected chi connectivity index (χ1v) is 7.20. The number of nitrogens with zero attached hydrogens (tertiary/aromatic N) is 2. The molecule has 1 aliphatic rings. The summed E-state index contributed by atoms with van der Waals surface area (Å²) in [5.41, 5.74) is 1.16. The Bertz CT molecular complexity index is 518. The predicted molar refractivity (Wildman–Crippen MR) is 78.6 cm³/mol. The van der Waals surface area contributed by atoms with Crippen LogP contribution in [0, 0.1) is 5.92 Å². The summed E-state index contributed by atoms with van der Waals surface area (Å²) in [5, 5.41) is 3.63. The Balaban J connectivity index is 1.81. The number of hydrogen-bond acceptors (Lipinski definition) is 2. The van der Waals surface area contributed by atoms with Gasteiger partial charge in [0.15, 0.2) is 0 Å². The van der Waals surface area contributed by atoms with Crippen molar-refractivity contribution in [1.82, 2.24) is 9.55 Å². The molecule has 0 spiro atoms. The molecule has 0 saturated heterocycles. The Morgan fingerprint density at radius 3 is 2.74 bits per heavy atom. The quantitative estimate of drug-likeness (QED) is 0.902. The lowest BCUT2D eigenvalue weighted by molar-refractivity contribution is 0.348.